The van der Waals surface area contributed by atoms with E-state index in [4.69, 9.17) is 4.74 Å². The van der Waals surface area contributed by atoms with Crippen LogP contribution in [0.1, 0.15) is 59.3 Å². The first-order valence-electron chi connectivity index (χ1n) is 9.31. The molecule has 138 valence electrons. The molecule has 0 aliphatic carbocycles. The normalized spacial score (nSPS) is 11.9. The van der Waals surface area contributed by atoms with Gasteiger partial charge in [0.05, 0.1) is 0 Å². The van der Waals surface area contributed by atoms with E-state index in [0.29, 0.717) is 5.75 Å². The third-order valence-electron chi connectivity index (χ3n) is 4.51. The monoisotopic (exact) mass is 450 g/mol. The number of aromatic nitrogens is 2. The summed E-state index contributed by atoms with van der Waals surface area (Å²) < 4.78 is 34.5. The van der Waals surface area contributed by atoms with Crippen molar-refractivity contribution in [2.45, 2.75) is 79.0 Å². The fourth-order valence-electron chi connectivity index (χ4n) is 3.08. The third kappa shape index (κ3) is 7.19. The van der Waals surface area contributed by atoms with Crippen molar-refractivity contribution in [2.24, 2.45) is 0 Å². The molecule has 1 rings (SSSR count). The van der Waals surface area contributed by atoms with Crippen LogP contribution < -0.4 is 8.58 Å². The summed E-state index contributed by atoms with van der Waals surface area (Å²) in [6.07, 6.45) is 8.07. The van der Waals surface area contributed by atoms with Crippen LogP contribution in [0.15, 0.2) is 12.4 Å². The molecule has 0 amide bonds. The maximum atomic E-state index is 12.3. The van der Waals surface area contributed by atoms with Gasteiger partial charge < -0.3 is 0 Å². The van der Waals surface area contributed by atoms with Gasteiger partial charge in [0, 0.05) is 0 Å². The van der Waals surface area contributed by atoms with Crippen molar-refractivity contribution in [3.05, 3.63) is 12.4 Å². The van der Waals surface area contributed by atoms with Crippen LogP contribution in [0.2, 0.25) is 13.3 Å². The van der Waals surface area contributed by atoms with Gasteiger partial charge in [-0.3, -0.25) is 0 Å². The summed E-state index contributed by atoms with van der Waals surface area (Å²) in [6.45, 7) is 6.11. The second-order valence-electron chi connectivity index (χ2n) is 6.54. The molecule has 0 aromatic carbocycles. The quantitative estimate of drug-likeness (QED) is 0.390. The average molecular weight is 449 g/mol. The van der Waals surface area contributed by atoms with Crippen molar-refractivity contribution in [1.29, 1.82) is 0 Å². The molecule has 3 nitrogen and oxygen atoms in total. The molecule has 0 spiro atoms. The van der Waals surface area contributed by atoms with Crippen LogP contribution >= 0.6 is 0 Å². The van der Waals surface area contributed by atoms with E-state index in [1.54, 1.807) is 12.4 Å². The first-order chi connectivity index (χ1) is 11.6. The summed E-state index contributed by atoms with van der Waals surface area (Å²) in [5, 5.41) is 0. The number of alkyl halides is 2. The van der Waals surface area contributed by atoms with Crippen molar-refractivity contribution < 1.29 is 13.5 Å². The number of unbranched alkanes of at least 4 members (excludes halogenated alkanes) is 3. The molecular formula is C18H32F2N2OSn. The van der Waals surface area contributed by atoms with Gasteiger partial charge in [-0.1, -0.05) is 0 Å². The molecule has 0 aliphatic heterocycles. The first kappa shape index (κ1) is 21.6. The van der Waals surface area contributed by atoms with E-state index in [0.717, 1.165) is 3.84 Å². The standard InChI is InChI=1S/C6H5F2N2O.3C4H9.Sn/c7-6(8)3-11-5-1-9-4-10-2-5;3*1-3-4-2;/h1-2,6H,3H2;3*1,3-4H2,2H3;. The number of ether oxygens (including phenoxy) is 1. The summed E-state index contributed by atoms with van der Waals surface area (Å²) in [7, 11) is 0. The average Bonchev–Trinajstić information content (AvgIpc) is 2.60. The van der Waals surface area contributed by atoms with E-state index >= 15 is 0 Å². The minimum absolute atomic E-state index is 0.348. The fourth-order valence-corrected chi connectivity index (χ4v) is 17.9. The van der Waals surface area contributed by atoms with Crippen LogP contribution in [0.3, 0.4) is 0 Å². The molecule has 0 bridgehead atoms. The van der Waals surface area contributed by atoms with Crippen LogP contribution in [0.5, 0.6) is 5.75 Å². The third-order valence-corrected chi connectivity index (χ3v) is 19.2. The Balaban J connectivity index is 2.96. The van der Waals surface area contributed by atoms with Gasteiger partial charge in [0.2, 0.25) is 0 Å². The van der Waals surface area contributed by atoms with E-state index in [1.807, 2.05) is 0 Å². The molecule has 0 unspecified atom stereocenters. The van der Waals surface area contributed by atoms with E-state index in [9.17, 15) is 8.78 Å². The Kier molecular flexibility index (Phi) is 10.8. The van der Waals surface area contributed by atoms with Crippen LogP contribution in [0.4, 0.5) is 8.78 Å². The van der Waals surface area contributed by atoms with Crippen LogP contribution in [0, 0.1) is 0 Å². The van der Waals surface area contributed by atoms with Gasteiger partial charge >= 0.3 is 149 Å². The Morgan fingerprint density at radius 2 is 1.38 bits per heavy atom. The Bertz CT molecular complexity index is 421. The van der Waals surface area contributed by atoms with Gasteiger partial charge in [-0.25, -0.2) is 0 Å². The molecule has 0 aliphatic rings. The molecule has 0 saturated carbocycles. The Morgan fingerprint density at radius 1 is 0.917 bits per heavy atom. The molecule has 1 heterocycles. The summed E-state index contributed by atoms with van der Waals surface area (Å²) in [4.78, 5) is 9.20. The van der Waals surface area contributed by atoms with Crippen molar-refractivity contribution >= 4 is 22.2 Å². The van der Waals surface area contributed by atoms with E-state index in [-0.39, 0.29) is 0 Å². The molecule has 0 fully saturated rings. The van der Waals surface area contributed by atoms with Crippen molar-refractivity contribution in [3.8, 4) is 5.75 Å². The molecule has 0 atom stereocenters. The van der Waals surface area contributed by atoms with Gasteiger partial charge in [-0.05, 0) is 0 Å². The molecule has 0 radical (unpaired) electrons. The number of hydrogen-bond donors (Lipinski definition) is 0. The molecule has 0 N–H and O–H groups in total. The van der Waals surface area contributed by atoms with Crippen molar-refractivity contribution in [2.75, 3.05) is 6.61 Å². The van der Waals surface area contributed by atoms with Gasteiger partial charge in [0.15, 0.2) is 0 Å². The Morgan fingerprint density at radius 3 is 1.75 bits per heavy atom. The van der Waals surface area contributed by atoms with Gasteiger partial charge in [0.25, 0.3) is 0 Å². The fraction of sp³-hybridized carbons (Fsp3) is 0.778. The summed E-state index contributed by atoms with van der Waals surface area (Å²) in [5.41, 5.74) is 0. The number of halogens is 2. The predicted molar refractivity (Wildman–Crippen MR) is 98.1 cm³/mol. The zero-order chi connectivity index (χ0) is 17.8. The topological polar surface area (TPSA) is 35.0 Å². The zero-order valence-corrected chi connectivity index (χ0v) is 18.2. The van der Waals surface area contributed by atoms with Crippen LogP contribution in [-0.4, -0.2) is 41.4 Å². The van der Waals surface area contributed by atoms with E-state index in [1.165, 1.54) is 51.8 Å². The molecule has 0 saturated heterocycles. The molecular weight excluding hydrogens is 417 g/mol. The second-order valence-corrected chi connectivity index (χ2v) is 19.4. The zero-order valence-electron chi connectivity index (χ0n) is 15.4. The van der Waals surface area contributed by atoms with Crippen molar-refractivity contribution in [1.82, 2.24) is 9.97 Å². The minimum atomic E-state index is -2.61. The Labute approximate surface area is 149 Å². The molecule has 1 aromatic heterocycles. The summed E-state index contributed by atoms with van der Waals surface area (Å²) >= 11 is -2.61. The number of hydrogen-bond acceptors (Lipinski definition) is 3. The van der Waals surface area contributed by atoms with Gasteiger partial charge in [-0.15, -0.1) is 0 Å². The molecule has 6 heteroatoms. The Hall–Kier alpha value is -0.461. The van der Waals surface area contributed by atoms with Gasteiger partial charge in [0.1, 0.15) is 0 Å². The van der Waals surface area contributed by atoms with Crippen LogP contribution in [-0.2, 0) is 0 Å². The van der Waals surface area contributed by atoms with E-state index in [2.05, 4.69) is 30.7 Å². The van der Waals surface area contributed by atoms with Gasteiger partial charge in [-0.2, -0.15) is 0 Å². The SMILES string of the molecule is CCC[CH2][Sn]([CH2]CCC)([CH2]CCC)[c]1ncc(OCC(F)F)cn1. The van der Waals surface area contributed by atoms with Crippen LogP contribution in [0.25, 0.3) is 0 Å². The number of nitrogens with zero attached hydrogens (tertiary/aromatic N) is 2. The summed E-state index contributed by atoms with van der Waals surface area (Å²) in [5.74, 6) is 0.348. The maximum absolute atomic E-state index is 12.3. The van der Waals surface area contributed by atoms with Crippen molar-refractivity contribution in [3.63, 3.8) is 0 Å². The second kappa shape index (κ2) is 12.0. The van der Waals surface area contributed by atoms with E-state index < -0.39 is 31.4 Å². The first-order valence-corrected chi connectivity index (χ1v) is 16.8. The predicted octanol–water partition coefficient (Wildman–Crippen LogP) is 5.18. The number of rotatable bonds is 13. The molecule has 24 heavy (non-hydrogen) atoms. The summed E-state index contributed by atoms with van der Waals surface area (Å²) in [6, 6.07) is 0. The molecule has 1 aromatic rings.